The summed E-state index contributed by atoms with van der Waals surface area (Å²) in [6, 6.07) is 0. The summed E-state index contributed by atoms with van der Waals surface area (Å²) in [6.07, 6.45) is 7.06. The van der Waals surface area contributed by atoms with Crippen LogP contribution < -0.4 is 0 Å². The maximum atomic E-state index is 12.6. The molecule has 0 aliphatic heterocycles. The molecule has 2 aliphatic rings. The minimum absolute atomic E-state index is 0.120. The number of thioether (sulfide) groups is 1. The molecule has 3 unspecified atom stereocenters. The molecule has 0 spiro atoms. The highest BCUT2D eigenvalue weighted by atomic mass is 32.2. The van der Waals surface area contributed by atoms with Crippen LogP contribution in [0.1, 0.15) is 79.1 Å². The maximum Gasteiger partial charge on any atom is 0.156 e. The van der Waals surface area contributed by atoms with Gasteiger partial charge in [0, 0.05) is 18.3 Å². The van der Waals surface area contributed by atoms with Gasteiger partial charge in [0.15, 0.2) is 5.78 Å². The Morgan fingerprint density at radius 1 is 1.12 bits per heavy atom. The predicted molar refractivity (Wildman–Crippen MR) is 104 cm³/mol. The molecule has 0 aromatic carbocycles. The molecule has 3 nitrogen and oxygen atoms in total. The van der Waals surface area contributed by atoms with Gasteiger partial charge in [-0.15, -0.1) is 11.8 Å². The Bertz CT molecular complexity index is 491. The SMILES string of the molecule is CCCC(C)C(=O)C1CCC(CC2C(=O)CC(SC(C)C)C2=O)CC1. The molecule has 2 aliphatic carbocycles. The van der Waals surface area contributed by atoms with Gasteiger partial charge in [-0.25, -0.2) is 0 Å². The van der Waals surface area contributed by atoms with Gasteiger partial charge >= 0.3 is 0 Å². The molecule has 2 saturated carbocycles. The van der Waals surface area contributed by atoms with E-state index in [1.807, 2.05) is 0 Å². The summed E-state index contributed by atoms with van der Waals surface area (Å²) in [5.41, 5.74) is 0. The lowest BCUT2D eigenvalue weighted by Gasteiger charge is -2.30. The fraction of sp³-hybridized carbons (Fsp3) is 0.857. The van der Waals surface area contributed by atoms with Crippen molar-refractivity contribution in [3.63, 3.8) is 0 Å². The Balaban J connectivity index is 1.83. The van der Waals surface area contributed by atoms with E-state index in [4.69, 9.17) is 0 Å². The van der Waals surface area contributed by atoms with Crippen LogP contribution in [0.5, 0.6) is 0 Å². The second kappa shape index (κ2) is 9.34. The summed E-state index contributed by atoms with van der Waals surface area (Å²) in [6.45, 7) is 8.34. The smallest absolute Gasteiger partial charge is 0.156 e. The van der Waals surface area contributed by atoms with Crippen LogP contribution in [0, 0.1) is 23.7 Å². The number of hydrogen-bond acceptors (Lipinski definition) is 4. The first-order valence-corrected chi connectivity index (χ1v) is 11.0. The van der Waals surface area contributed by atoms with Gasteiger partial charge in [-0.2, -0.15) is 0 Å². The third kappa shape index (κ3) is 5.42. The summed E-state index contributed by atoms with van der Waals surface area (Å²) in [7, 11) is 0. The summed E-state index contributed by atoms with van der Waals surface area (Å²) in [5, 5.41) is 0.261. The molecule has 4 heteroatoms. The van der Waals surface area contributed by atoms with E-state index >= 15 is 0 Å². The van der Waals surface area contributed by atoms with Crippen LogP contribution in [-0.2, 0) is 14.4 Å². The van der Waals surface area contributed by atoms with Gasteiger partial charge in [-0.3, -0.25) is 14.4 Å². The van der Waals surface area contributed by atoms with E-state index in [1.165, 1.54) is 0 Å². The molecule has 0 N–H and O–H groups in total. The monoisotopic (exact) mass is 366 g/mol. The zero-order valence-electron chi connectivity index (χ0n) is 16.3. The second-order valence-electron chi connectivity index (χ2n) is 8.34. The summed E-state index contributed by atoms with van der Waals surface area (Å²) in [5.74, 6) is 1.20. The molecule has 0 aromatic heterocycles. The Morgan fingerprint density at radius 2 is 1.76 bits per heavy atom. The van der Waals surface area contributed by atoms with Gasteiger partial charge in [0.05, 0.1) is 11.2 Å². The Morgan fingerprint density at radius 3 is 2.32 bits per heavy atom. The van der Waals surface area contributed by atoms with Gasteiger partial charge in [-0.05, 0) is 49.7 Å². The minimum atomic E-state index is -0.368. The highest BCUT2D eigenvalue weighted by molar-refractivity contribution is 8.01. The van der Waals surface area contributed by atoms with Crippen LogP contribution in [0.3, 0.4) is 0 Å². The number of carbonyl (C=O) groups is 3. The van der Waals surface area contributed by atoms with E-state index in [2.05, 4.69) is 27.7 Å². The standard InChI is InChI=1S/C21H34O3S/c1-5-6-14(4)20(23)16-9-7-15(8-10-16)11-17-18(22)12-19(21(17)24)25-13(2)3/h13-17,19H,5-12H2,1-4H3. The third-order valence-corrected chi connectivity index (χ3v) is 7.17. The van der Waals surface area contributed by atoms with Gasteiger partial charge in [0.25, 0.3) is 0 Å². The largest absolute Gasteiger partial charge is 0.299 e. The molecule has 0 heterocycles. The van der Waals surface area contributed by atoms with Crippen molar-refractivity contribution < 1.29 is 14.4 Å². The highest BCUT2D eigenvalue weighted by Crippen LogP contribution is 2.39. The summed E-state index contributed by atoms with van der Waals surface area (Å²) < 4.78 is 0. The molecule has 142 valence electrons. The molecule has 0 amide bonds. The minimum Gasteiger partial charge on any atom is -0.299 e. The first kappa shape index (κ1) is 20.7. The molecule has 25 heavy (non-hydrogen) atoms. The van der Waals surface area contributed by atoms with Crippen molar-refractivity contribution in [3.05, 3.63) is 0 Å². The Labute approximate surface area is 157 Å². The lowest BCUT2D eigenvalue weighted by molar-refractivity contribution is -0.130. The van der Waals surface area contributed by atoms with Crippen molar-refractivity contribution in [1.29, 1.82) is 0 Å². The Hall–Kier alpha value is -0.640. The molecule has 0 bridgehead atoms. The zero-order chi connectivity index (χ0) is 18.6. The normalized spacial score (nSPS) is 31.6. The molecule has 0 aromatic rings. The van der Waals surface area contributed by atoms with Crippen molar-refractivity contribution >= 4 is 29.1 Å². The lowest BCUT2D eigenvalue weighted by Crippen LogP contribution is -2.28. The lowest BCUT2D eigenvalue weighted by atomic mass is 9.74. The summed E-state index contributed by atoms with van der Waals surface area (Å²) in [4.78, 5) is 37.3. The molecule has 0 radical (unpaired) electrons. The van der Waals surface area contributed by atoms with E-state index in [0.29, 0.717) is 23.4 Å². The second-order valence-corrected chi connectivity index (χ2v) is 10.1. The van der Waals surface area contributed by atoms with Crippen LogP contribution >= 0.6 is 11.8 Å². The molecule has 2 rings (SSSR count). The van der Waals surface area contributed by atoms with Gasteiger partial charge in [-0.1, -0.05) is 34.1 Å². The first-order chi connectivity index (χ1) is 11.8. The average Bonchev–Trinajstić information content (AvgIpc) is 2.82. The van der Waals surface area contributed by atoms with Crippen molar-refractivity contribution in [2.24, 2.45) is 23.7 Å². The van der Waals surface area contributed by atoms with E-state index in [1.54, 1.807) is 11.8 Å². The molecule has 0 saturated heterocycles. The van der Waals surface area contributed by atoms with E-state index < -0.39 is 0 Å². The molecule has 2 fully saturated rings. The number of ketones is 3. The first-order valence-electron chi connectivity index (χ1n) is 10.1. The van der Waals surface area contributed by atoms with Crippen LogP contribution in [-0.4, -0.2) is 27.8 Å². The number of Topliss-reactive ketones (excluding diaryl/α,β-unsaturated/α-hetero) is 3. The predicted octanol–water partition coefficient (Wildman–Crippen LogP) is 4.86. The van der Waals surface area contributed by atoms with Crippen LogP contribution in [0.4, 0.5) is 0 Å². The fourth-order valence-electron chi connectivity index (χ4n) is 4.49. The van der Waals surface area contributed by atoms with Crippen molar-refractivity contribution in [3.8, 4) is 0 Å². The van der Waals surface area contributed by atoms with Crippen LogP contribution in [0.15, 0.2) is 0 Å². The molecule has 3 atom stereocenters. The van der Waals surface area contributed by atoms with Crippen molar-refractivity contribution in [2.75, 3.05) is 0 Å². The maximum absolute atomic E-state index is 12.6. The topological polar surface area (TPSA) is 51.2 Å². The van der Waals surface area contributed by atoms with Gasteiger partial charge in [0.2, 0.25) is 0 Å². The van der Waals surface area contributed by atoms with Crippen molar-refractivity contribution in [1.82, 2.24) is 0 Å². The Kier molecular flexibility index (Phi) is 7.72. The van der Waals surface area contributed by atoms with Gasteiger partial charge < -0.3 is 0 Å². The highest BCUT2D eigenvalue weighted by Gasteiger charge is 2.43. The number of hydrogen-bond donors (Lipinski definition) is 0. The zero-order valence-corrected chi connectivity index (χ0v) is 17.1. The average molecular weight is 367 g/mol. The van der Waals surface area contributed by atoms with E-state index in [0.717, 1.165) is 44.9 Å². The quantitative estimate of drug-likeness (QED) is 0.576. The molecular weight excluding hydrogens is 332 g/mol. The molecular formula is C21H34O3S. The summed E-state index contributed by atoms with van der Waals surface area (Å²) >= 11 is 1.64. The number of rotatable bonds is 8. The third-order valence-electron chi connectivity index (χ3n) is 5.90. The van der Waals surface area contributed by atoms with Crippen molar-refractivity contribution in [2.45, 2.75) is 89.6 Å². The van der Waals surface area contributed by atoms with E-state index in [-0.39, 0.29) is 34.6 Å². The van der Waals surface area contributed by atoms with Crippen LogP contribution in [0.25, 0.3) is 0 Å². The van der Waals surface area contributed by atoms with Crippen LogP contribution in [0.2, 0.25) is 0 Å². The van der Waals surface area contributed by atoms with E-state index in [9.17, 15) is 14.4 Å². The number of carbonyl (C=O) groups excluding carboxylic acids is 3. The van der Waals surface area contributed by atoms with Gasteiger partial charge in [0.1, 0.15) is 11.6 Å². The fourth-order valence-corrected chi connectivity index (χ4v) is 5.71.